The summed E-state index contributed by atoms with van der Waals surface area (Å²) in [7, 11) is 0. The van der Waals surface area contributed by atoms with Crippen molar-refractivity contribution in [3.8, 4) is 0 Å². The molecule has 0 spiro atoms. The summed E-state index contributed by atoms with van der Waals surface area (Å²) in [6.45, 7) is 2.35. The Bertz CT molecular complexity index is 583. The minimum absolute atomic E-state index is 0.0242. The van der Waals surface area contributed by atoms with Crippen molar-refractivity contribution in [2.24, 2.45) is 5.92 Å². The molecule has 0 radical (unpaired) electrons. The lowest BCUT2D eigenvalue weighted by Crippen LogP contribution is -2.40. The van der Waals surface area contributed by atoms with E-state index in [0.29, 0.717) is 44.0 Å². The molecule has 2 fully saturated rings. The molecule has 1 aliphatic heterocycles. The molecule has 2 aliphatic rings. The van der Waals surface area contributed by atoms with Crippen LogP contribution in [-0.2, 0) is 9.53 Å². The van der Waals surface area contributed by atoms with Gasteiger partial charge in [-0.2, -0.15) is 0 Å². The van der Waals surface area contributed by atoms with Crippen molar-refractivity contribution in [1.82, 2.24) is 4.90 Å². The van der Waals surface area contributed by atoms with Crippen LogP contribution in [0.5, 0.6) is 0 Å². The lowest BCUT2D eigenvalue weighted by Gasteiger charge is -2.26. The molecule has 0 aromatic heterocycles. The molecule has 1 saturated heterocycles. The number of alkyl halides is 2. The average Bonchev–Trinajstić information content (AvgIpc) is 3.17. The van der Waals surface area contributed by atoms with Crippen molar-refractivity contribution in [3.05, 3.63) is 29.8 Å². The van der Waals surface area contributed by atoms with E-state index < -0.39 is 4.33 Å². The molecular formula is C15H16Cl2N2O3. The topological polar surface area (TPSA) is 58.6 Å². The maximum absolute atomic E-state index is 12.3. The monoisotopic (exact) mass is 342 g/mol. The van der Waals surface area contributed by atoms with Crippen molar-refractivity contribution < 1.29 is 14.3 Å². The molecular weight excluding hydrogens is 327 g/mol. The third-order valence-electron chi connectivity index (χ3n) is 3.84. The van der Waals surface area contributed by atoms with Crippen molar-refractivity contribution in [1.29, 1.82) is 0 Å². The summed E-state index contributed by atoms with van der Waals surface area (Å²) in [6.07, 6.45) is 0.468. The zero-order valence-electron chi connectivity index (χ0n) is 11.9. The first-order valence-corrected chi connectivity index (χ1v) is 7.89. The number of halogens is 2. The summed E-state index contributed by atoms with van der Waals surface area (Å²) in [5.41, 5.74) is 1.22. The number of rotatable bonds is 3. The summed E-state index contributed by atoms with van der Waals surface area (Å²) >= 11 is 11.7. The second-order valence-electron chi connectivity index (χ2n) is 5.49. The van der Waals surface area contributed by atoms with E-state index in [1.165, 1.54) is 0 Å². The van der Waals surface area contributed by atoms with Crippen molar-refractivity contribution in [2.45, 2.75) is 10.8 Å². The van der Waals surface area contributed by atoms with E-state index in [1.54, 1.807) is 29.2 Å². The second-order valence-corrected chi connectivity index (χ2v) is 7.03. The highest BCUT2D eigenvalue weighted by Gasteiger charge is 2.56. The van der Waals surface area contributed by atoms with E-state index in [4.69, 9.17) is 27.9 Å². The van der Waals surface area contributed by atoms with Gasteiger partial charge in [0.2, 0.25) is 5.91 Å². The standard InChI is InChI=1S/C15H16Cl2N2O3/c16-15(17)9-12(15)13(20)18-11-3-1-10(2-4-11)14(21)19-5-7-22-8-6-19/h1-4,12H,5-9H2,(H,18,20). The lowest BCUT2D eigenvalue weighted by molar-refractivity contribution is -0.117. The van der Waals surface area contributed by atoms with Crippen LogP contribution in [0.2, 0.25) is 0 Å². The van der Waals surface area contributed by atoms with Crippen LogP contribution in [0.15, 0.2) is 24.3 Å². The molecule has 0 bridgehead atoms. The van der Waals surface area contributed by atoms with Crippen molar-refractivity contribution in [3.63, 3.8) is 0 Å². The third-order valence-corrected chi connectivity index (χ3v) is 4.68. The molecule has 1 heterocycles. The number of hydrogen-bond acceptors (Lipinski definition) is 3. The predicted molar refractivity (Wildman–Crippen MR) is 84.3 cm³/mol. The molecule has 1 aliphatic carbocycles. The highest BCUT2D eigenvalue weighted by atomic mass is 35.5. The molecule has 22 heavy (non-hydrogen) atoms. The van der Waals surface area contributed by atoms with Crippen LogP contribution < -0.4 is 5.32 Å². The molecule has 2 amide bonds. The van der Waals surface area contributed by atoms with E-state index in [-0.39, 0.29) is 17.7 Å². The minimum atomic E-state index is -0.934. The maximum atomic E-state index is 12.3. The highest BCUT2D eigenvalue weighted by molar-refractivity contribution is 6.52. The molecule has 7 heteroatoms. The van der Waals surface area contributed by atoms with Gasteiger partial charge in [-0.3, -0.25) is 9.59 Å². The van der Waals surface area contributed by atoms with Gasteiger partial charge < -0.3 is 15.0 Å². The summed E-state index contributed by atoms with van der Waals surface area (Å²) < 4.78 is 4.30. The highest BCUT2D eigenvalue weighted by Crippen LogP contribution is 2.53. The molecule has 1 aromatic rings. The Labute approximate surface area is 138 Å². The van der Waals surface area contributed by atoms with Crippen LogP contribution in [0.4, 0.5) is 5.69 Å². The Hall–Kier alpha value is -1.30. The number of morpholine rings is 1. The van der Waals surface area contributed by atoms with Crippen molar-refractivity contribution >= 4 is 40.7 Å². The molecule has 1 aromatic carbocycles. The Morgan fingerprint density at radius 2 is 1.77 bits per heavy atom. The van der Waals surface area contributed by atoms with E-state index in [0.717, 1.165) is 0 Å². The number of ether oxygens (including phenoxy) is 1. The Morgan fingerprint density at radius 1 is 1.18 bits per heavy atom. The van der Waals surface area contributed by atoms with Crippen LogP contribution in [0, 0.1) is 5.92 Å². The number of hydrogen-bond donors (Lipinski definition) is 1. The number of carbonyl (C=O) groups excluding carboxylic acids is 2. The Morgan fingerprint density at radius 3 is 2.32 bits per heavy atom. The van der Waals surface area contributed by atoms with Gasteiger partial charge in [0.05, 0.1) is 19.1 Å². The van der Waals surface area contributed by atoms with E-state index in [9.17, 15) is 9.59 Å². The SMILES string of the molecule is O=C(Nc1ccc(C(=O)N2CCOCC2)cc1)C1CC1(Cl)Cl. The maximum Gasteiger partial charge on any atom is 0.254 e. The smallest absolute Gasteiger partial charge is 0.254 e. The zero-order valence-corrected chi connectivity index (χ0v) is 13.4. The van der Waals surface area contributed by atoms with Gasteiger partial charge in [-0.1, -0.05) is 0 Å². The van der Waals surface area contributed by atoms with Crippen LogP contribution in [0.25, 0.3) is 0 Å². The fourth-order valence-electron chi connectivity index (χ4n) is 2.37. The summed E-state index contributed by atoms with van der Waals surface area (Å²) in [5.74, 6) is -0.591. The van der Waals surface area contributed by atoms with E-state index in [2.05, 4.69) is 5.32 Å². The van der Waals surface area contributed by atoms with Gasteiger partial charge in [0.25, 0.3) is 5.91 Å². The molecule has 1 unspecified atom stereocenters. The molecule has 1 saturated carbocycles. The predicted octanol–water partition coefficient (Wildman–Crippen LogP) is 2.29. The minimum Gasteiger partial charge on any atom is -0.378 e. The fourth-order valence-corrected chi connectivity index (χ4v) is 2.88. The van der Waals surface area contributed by atoms with Crippen LogP contribution in [0.3, 0.4) is 0 Å². The van der Waals surface area contributed by atoms with Crippen LogP contribution >= 0.6 is 23.2 Å². The average molecular weight is 343 g/mol. The number of benzene rings is 1. The first-order chi connectivity index (χ1) is 10.5. The summed E-state index contributed by atoms with van der Waals surface area (Å²) in [5, 5.41) is 2.75. The number of anilines is 1. The number of nitrogens with zero attached hydrogens (tertiary/aromatic N) is 1. The third kappa shape index (κ3) is 3.37. The van der Waals surface area contributed by atoms with Gasteiger partial charge in [0, 0.05) is 24.3 Å². The lowest BCUT2D eigenvalue weighted by atomic mass is 10.1. The van der Waals surface area contributed by atoms with Gasteiger partial charge in [0.15, 0.2) is 0 Å². The first-order valence-electron chi connectivity index (χ1n) is 7.13. The summed E-state index contributed by atoms with van der Waals surface area (Å²) in [4.78, 5) is 25.9. The van der Waals surface area contributed by atoms with Gasteiger partial charge in [-0.25, -0.2) is 0 Å². The first kappa shape index (κ1) is 15.6. The second kappa shape index (κ2) is 6.07. The zero-order chi connectivity index (χ0) is 15.7. The number of amides is 2. The van der Waals surface area contributed by atoms with Crippen LogP contribution in [-0.4, -0.2) is 47.4 Å². The Kier molecular flexibility index (Phi) is 4.30. The largest absolute Gasteiger partial charge is 0.378 e. The molecule has 3 rings (SSSR count). The van der Waals surface area contributed by atoms with Gasteiger partial charge in [-0.05, 0) is 30.7 Å². The number of nitrogens with one attached hydrogen (secondary N) is 1. The summed E-state index contributed by atoms with van der Waals surface area (Å²) in [6, 6.07) is 6.82. The van der Waals surface area contributed by atoms with E-state index >= 15 is 0 Å². The molecule has 1 atom stereocenters. The number of carbonyl (C=O) groups is 2. The van der Waals surface area contributed by atoms with Gasteiger partial charge in [0.1, 0.15) is 4.33 Å². The quantitative estimate of drug-likeness (QED) is 0.857. The normalized spacial score (nSPS) is 23.0. The van der Waals surface area contributed by atoms with Crippen LogP contribution in [0.1, 0.15) is 16.8 Å². The molecule has 5 nitrogen and oxygen atoms in total. The Balaban J connectivity index is 1.60. The van der Waals surface area contributed by atoms with Gasteiger partial charge >= 0.3 is 0 Å². The fraction of sp³-hybridized carbons (Fsp3) is 0.467. The molecule has 118 valence electrons. The molecule has 1 N–H and O–H groups in total. The van der Waals surface area contributed by atoms with Gasteiger partial charge in [-0.15, -0.1) is 23.2 Å². The van der Waals surface area contributed by atoms with Crippen molar-refractivity contribution in [2.75, 3.05) is 31.6 Å². The van der Waals surface area contributed by atoms with E-state index in [1.807, 2.05) is 0 Å².